The van der Waals surface area contributed by atoms with Gasteiger partial charge >= 0.3 is 5.69 Å². The zero-order valence-electron chi connectivity index (χ0n) is 14.0. The van der Waals surface area contributed by atoms with E-state index in [4.69, 9.17) is 0 Å². The average molecular weight is 367 g/mol. The standard InChI is InChI=1S/C16H13N7O4/c1-10-5-6-17-13(7-10)21-16-14(23(26)27)15(18-9-19-16)20-11-3-2-4-12(8-11)22(24)25/h2-9H,1H3,(H2,17,18,19,20,21). The molecule has 0 saturated carbocycles. The number of hydrogen-bond donors (Lipinski definition) is 2. The van der Waals surface area contributed by atoms with E-state index in [1.807, 2.05) is 6.92 Å². The van der Waals surface area contributed by atoms with Gasteiger partial charge < -0.3 is 10.6 Å². The molecule has 0 unspecified atom stereocenters. The highest BCUT2D eigenvalue weighted by atomic mass is 16.6. The highest BCUT2D eigenvalue weighted by molar-refractivity contribution is 5.76. The van der Waals surface area contributed by atoms with E-state index in [9.17, 15) is 20.2 Å². The smallest absolute Gasteiger partial charge is 0.334 e. The number of non-ortho nitro benzene ring substituents is 1. The molecule has 11 heteroatoms. The van der Waals surface area contributed by atoms with Crippen LogP contribution in [0.2, 0.25) is 0 Å². The molecule has 0 aliphatic carbocycles. The normalized spacial score (nSPS) is 10.3. The Morgan fingerprint density at radius 2 is 1.67 bits per heavy atom. The largest absolute Gasteiger partial charge is 0.353 e. The summed E-state index contributed by atoms with van der Waals surface area (Å²) in [5.74, 6) is 0.227. The van der Waals surface area contributed by atoms with E-state index < -0.39 is 15.5 Å². The lowest BCUT2D eigenvalue weighted by atomic mass is 10.2. The Balaban J connectivity index is 1.97. The first kappa shape index (κ1) is 17.7. The van der Waals surface area contributed by atoms with Gasteiger partial charge in [0.2, 0.25) is 11.6 Å². The van der Waals surface area contributed by atoms with E-state index in [0.717, 1.165) is 11.9 Å². The fraction of sp³-hybridized carbons (Fsp3) is 0.0625. The van der Waals surface area contributed by atoms with Gasteiger partial charge in [-0.25, -0.2) is 15.0 Å². The molecule has 2 aromatic heterocycles. The third-order valence-corrected chi connectivity index (χ3v) is 3.49. The maximum atomic E-state index is 11.6. The first-order chi connectivity index (χ1) is 12.9. The first-order valence-electron chi connectivity index (χ1n) is 7.64. The number of benzene rings is 1. The maximum Gasteiger partial charge on any atom is 0.353 e. The van der Waals surface area contributed by atoms with Gasteiger partial charge in [0.1, 0.15) is 12.1 Å². The van der Waals surface area contributed by atoms with Crippen LogP contribution in [0.25, 0.3) is 0 Å². The molecule has 0 atom stereocenters. The minimum atomic E-state index is -0.641. The number of nitrogens with zero attached hydrogens (tertiary/aromatic N) is 5. The summed E-state index contributed by atoms with van der Waals surface area (Å²) in [5.41, 5.74) is 0.635. The zero-order chi connectivity index (χ0) is 19.4. The van der Waals surface area contributed by atoms with Gasteiger partial charge in [-0.15, -0.1) is 0 Å². The molecule has 0 aliphatic heterocycles. The summed E-state index contributed by atoms with van der Waals surface area (Å²) >= 11 is 0. The van der Waals surface area contributed by atoms with Crippen LogP contribution in [0.4, 0.5) is 34.5 Å². The van der Waals surface area contributed by atoms with Crippen LogP contribution in [-0.2, 0) is 0 Å². The summed E-state index contributed by atoms with van der Waals surface area (Å²) in [5, 5.41) is 28.0. The van der Waals surface area contributed by atoms with Gasteiger partial charge in [0, 0.05) is 24.0 Å². The van der Waals surface area contributed by atoms with E-state index in [-0.39, 0.29) is 23.0 Å². The van der Waals surface area contributed by atoms with Crippen molar-refractivity contribution < 1.29 is 9.85 Å². The quantitative estimate of drug-likeness (QED) is 0.493. The predicted octanol–water partition coefficient (Wildman–Crippen LogP) is 3.48. The summed E-state index contributed by atoms with van der Waals surface area (Å²) in [6, 6.07) is 9.06. The van der Waals surface area contributed by atoms with E-state index in [0.29, 0.717) is 5.82 Å². The highest BCUT2D eigenvalue weighted by Gasteiger charge is 2.24. The Kier molecular flexibility index (Phi) is 4.84. The first-order valence-corrected chi connectivity index (χ1v) is 7.64. The molecule has 136 valence electrons. The zero-order valence-corrected chi connectivity index (χ0v) is 14.0. The molecule has 0 bridgehead atoms. The van der Waals surface area contributed by atoms with Crippen LogP contribution in [0.15, 0.2) is 48.9 Å². The van der Waals surface area contributed by atoms with Gasteiger partial charge in [0.05, 0.1) is 9.85 Å². The van der Waals surface area contributed by atoms with E-state index in [1.165, 1.54) is 24.3 Å². The van der Waals surface area contributed by atoms with Crippen molar-refractivity contribution in [2.24, 2.45) is 0 Å². The molecule has 1 aromatic carbocycles. The molecule has 11 nitrogen and oxygen atoms in total. The number of aryl methyl sites for hydroxylation is 1. The van der Waals surface area contributed by atoms with Crippen molar-refractivity contribution in [1.29, 1.82) is 0 Å². The Labute approximate surface area is 152 Å². The van der Waals surface area contributed by atoms with Crippen molar-refractivity contribution in [2.75, 3.05) is 10.6 Å². The SMILES string of the molecule is Cc1ccnc(Nc2ncnc(Nc3cccc([N+](=O)[O-])c3)c2[N+](=O)[O-])c1. The second-order valence-electron chi connectivity index (χ2n) is 5.45. The van der Waals surface area contributed by atoms with Crippen molar-refractivity contribution >= 4 is 34.5 Å². The van der Waals surface area contributed by atoms with Crippen LogP contribution in [0.5, 0.6) is 0 Å². The highest BCUT2D eigenvalue weighted by Crippen LogP contribution is 2.33. The van der Waals surface area contributed by atoms with E-state index in [2.05, 4.69) is 25.6 Å². The van der Waals surface area contributed by atoms with Crippen molar-refractivity contribution in [3.05, 3.63) is 74.7 Å². The molecule has 0 spiro atoms. The molecule has 3 aromatic rings. The third-order valence-electron chi connectivity index (χ3n) is 3.49. The number of pyridine rings is 1. The third kappa shape index (κ3) is 4.10. The van der Waals surface area contributed by atoms with Gasteiger partial charge in [-0.1, -0.05) is 6.07 Å². The number of hydrogen-bond acceptors (Lipinski definition) is 9. The van der Waals surface area contributed by atoms with Crippen LogP contribution in [-0.4, -0.2) is 24.8 Å². The van der Waals surface area contributed by atoms with Crippen molar-refractivity contribution in [3.63, 3.8) is 0 Å². The van der Waals surface area contributed by atoms with Crippen LogP contribution in [0, 0.1) is 27.2 Å². The summed E-state index contributed by atoms with van der Waals surface area (Å²) in [4.78, 5) is 33.2. The van der Waals surface area contributed by atoms with Gasteiger partial charge in [-0.2, -0.15) is 0 Å². The fourth-order valence-electron chi connectivity index (χ4n) is 2.29. The summed E-state index contributed by atoms with van der Waals surface area (Å²) in [7, 11) is 0. The van der Waals surface area contributed by atoms with E-state index in [1.54, 1.807) is 18.3 Å². The van der Waals surface area contributed by atoms with Gasteiger partial charge in [0.25, 0.3) is 5.69 Å². The van der Waals surface area contributed by atoms with Crippen LogP contribution in [0.3, 0.4) is 0 Å². The van der Waals surface area contributed by atoms with Crippen LogP contribution < -0.4 is 10.6 Å². The molecular formula is C16H13N7O4. The van der Waals surface area contributed by atoms with Gasteiger partial charge in [0.15, 0.2) is 0 Å². The molecule has 27 heavy (non-hydrogen) atoms. The number of nitro benzene ring substituents is 1. The second kappa shape index (κ2) is 7.39. The molecule has 3 rings (SSSR count). The lowest BCUT2D eigenvalue weighted by molar-refractivity contribution is -0.384. The number of nitrogens with one attached hydrogen (secondary N) is 2. The molecule has 0 amide bonds. The second-order valence-corrected chi connectivity index (χ2v) is 5.45. The molecule has 2 heterocycles. The maximum absolute atomic E-state index is 11.6. The minimum absolute atomic E-state index is 0.0546. The van der Waals surface area contributed by atoms with E-state index >= 15 is 0 Å². The summed E-state index contributed by atoms with van der Waals surface area (Å²) in [6.07, 6.45) is 2.71. The number of rotatable bonds is 6. The topological polar surface area (TPSA) is 149 Å². The Hall–Kier alpha value is -4.15. The number of nitro groups is 2. The average Bonchev–Trinajstić information content (AvgIpc) is 2.62. The monoisotopic (exact) mass is 367 g/mol. The Morgan fingerprint density at radius 1 is 0.926 bits per heavy atom. The molecule has 0 aliphatic rings. The Bertz CT molecular complexity index is 1030. The van der Waals surface area contributed by atoms with Crippen LogP contribution >= 0.6 is 0 Å². The van der Waals surface area contributed by atoms with Crippen LogP contribution in [0.1, 0.15) is 5.56 Å². The lowest BCUT2D eigenvalue weighted by Crippen LogP contribution is -2.06. The molecular weight excluding hydrogens is 354 g/mol. The van der Waals surface area contributed by atoms with Crippen molar-refractivity contribution in [3.8, 4) is 0 Å². The predicted molar refractivity (Wildman–Crippen MR) is 97.3 cm³/mol. The van der Waals surface area contributed by atoms with Gasteiger partial charge in [-0.05, 0) is 30.7 Å². The van der Waals surface area contributed by atoms with Gasteiger partial charge in [-0.3, -0.25) is 20.2 Å². The molecule has 0 fully saturated rings. The van der Waals surface area contributed by atoms with Crippen molar-refractivity contribution in [1.82, 2.24) is 15.0 Å². The molecule has 0 radical (unpaired) electrons. The summed E-state index contributed by atoms with van der Waals surface area (Å²) < 4.78 is 0. The minimum Gasteiger partial charge on any atom is -0.334 e. The molecule has 2 N–H and O–H groups in total. The molecule has 0 saturated heterocycles. The lowest BCUT2D eigenvalue weighted by Gasteiger charge is -2.10. The van der Waals surface area contributed by atoms with Crippen molar-refractivity contribution in [2.45, 2.75) is 6.92 Å². The number of aromatic nitrogens is 3. The Morgan fingerprint density at radius 3 is 2.33 bits per heavy atom. The number of anilines is 4. The fourth-order valence-corrected chi connectivity index (χ4v) is 2.29. The summed E-state index contributed by atoms with van der Waals surface area (Å²) in [6.45, 7) is 1.86.